The van der Waals surface area contributed by atoms with Crippen LogP contribution >= 0.6 is 7.82 Å². The summed E-state index contributed by atoms with van der Waals surface area (Å²) in [5, 5.41) is 13.9. The van der Waals surface area contributed by atoms with Crippen molar-refractivity contribution in [2.24, 2.45) is 0 Å². The molecule has 0 aliphatic heterocycles. The summed E-state index contributed by atoms with van der Waals surface area (Å²) in [6.07, 6.45) is 76.3. The molecule has 0 aromatic heterocycles. The number of amides is 1. The Hall–Kier alpha value is -2.58. The van der Waals surface area contributed by atoms with Crippen molar-refractivity contribution >= 4 is 13.7 Å². The van der Waals surface area contributed by atoms with Crippen molar-refractivity contribution in [1.29, 1.82) is 0 Å². The predicted octanol–water partition coefficient (Wildman–Crippen LogP) is 17.6. The van der Waals surface area contributed by atoms with Gasteiger partial charge in [-0.05, 0) is 83.5 Å². The Balaban J connectivity index is 4.21. The van der Waals surface area contributed by atoms with Crippen LogP contribution in [0.25, 0.3) is 0 Å². The fourth-order valence-electron chi connectivity index (χ4n) is 8.17. The van der Waals surface area contributed by atoms with E-state index in [1.54, 1.807) is 6.08 Å². The molecule has 3 atom stereocenters. The van der Waals surface area contributed by atoms with E-state index in [2.05, 4.69) is 104 Å². The molecule has 0 heterocycles. The minimum absolute atomic E-state index is 0.0104. The van der Waals surface area contributed by atoms with Crippen LogP contribution in [-0.4, -0.2) is 68.5 Å². The first-order valence-electron chi connectivity index (χ1n) is 29.6. The molecule has 2 N–H and O–H groups in total. The number of nitrogens with one attached hydrogen (secondary N) is 1. The summed E-state index contributed by atoms with van der Waals surface area (Å²) in [5.74, 6) is -0.212. The maximum Gasteiger partial charge on any atom is 0.268 e. The monoisotopic (exact) mass is 1020 g/mol. The topological polar surface area (TPSA) is 108 Å². The second kappa shape index (κ2) is 53.3. The van der Waals surface area contributed by atoms with Gasteiger partial charge in [0.25, 0.3) is 7.82 Å². The van der Waals surface area contributed by atoms with Crippen molar-refractivity contribution in [3.8, 4) is 0 Å². The highest BCUT2D eigenvalue weighted by Crippen LogP contribution is 2.38. The highest BCUT2D eigenvalue weighted by Gasteiger charge is 2.23. The summed E-state index contributed by atoms with van der Waals surface area (Å²) in [7, 11) is 1.23. The van der Waals surface area contributed by atoms with Gasteiger partial charge in [-0.25, -0.2) is 0 Å². The molecule has 9 heteroatoms. The van der Waals surface area contributed by atoms with E-state index in [1.807, 2.05) is 27.2 Å². The molecule has 0 rings (SSSR count). The van der Waals surface area contributed by atoms with Crippen LogP contribution in [0.3, 0.4) is 0 Å². The lowest BCUT2D eigenvalue weighted by molar-refractivity contribution is -0.870. The van der Waals surface area contributed by atoms with Crippen LogP contribution in [0.5, 0.6) is 0 Å². The lowest BCUT2D eigenvalue weighted by Crippen LogP contribution is -2.45. The van der Waals surface area contributed by atoms with Gasteiger partial charge < -0.3 is 28.8 Å². The summed E-state index contributed by atoms with van der Waals surface area (Å²) in [6, 6.07) is -0.910. The van der Waals surface area contributed by atoms with Crippen LogP contribution in [0.1, 0.15) is 245 Å². The summed E-state index contributed by atoms with van der Waals surface area (Å²) >= 11 is 0. The molecule has 0 spiro atoms. The molecule has 0 aliphatic carbocycles. The average Bonchev–Trinajstić information content (AvgIpc) is 3.34. The minimum atomic E-state index is -4.61. The van der Waals surface area contributed by atoms with Crippen molar-refractivity contribution < 1.29 is 32.9 Å². The van der Waals surface area contributed by atoms with E-state index in [4.69, 9.17) is 9.05 Å². The lowest BCUT2D eigenvalue weighted by Gasteiger charge is -2.29. The smallest absolute Gasteiger partial charge is 0.268 e. The molecular weight excluding hydrogens is 912 g/mol. The molecule has 0 aliphatic rings. The third-order valence-electron chi connectivity index (χ3n) is 12.8. The SMILES string of the molecule is CC/C=C\C/C=C\C/C=C\C/C=C\C/C=C\C/C=C\CCCCCCCCCCCCCCC(=O)NC(COP(=O)([O-])OCC[N+](C)(C)C)C(O)/C=C/CC/C=C/CCCCCCCCCCCCCCC. The third-order valence-corrected chi connectivity index (χ3v) is 13.7. The van der Waals surface area contributed by atoms with Gasteiger partial charge in [0.05, 0.1) is 39.9 Å². The van der Waals surface area contributed by atoms with Crippen LogP contribution in [0.15, 0.2) is 97.2 Å². The second-order valence-electron chi connectivity index (χ2n) is 21.0. The van der Waals surface area contributed by atoms with Crippen LogP contribution in [0.2, 0.25) is 0 Å². The van der Waals surface area contributed by atoms with Crippen molar-refractivity contribution in [3.05, 3.63) is 97.2 Å². The van der Waals surface area contributed by atoms with Gasteiger partial charge in [0.1, 0.15) is 13.2 Å². The van der Waals surface area contributed by atoms with E-state index in [9.17, 15) is 19.4 Å². The van der Waals surface area contributed by atoms with Crippen molar-refractivity contribution in [2.75, 3.05) is 40.9 Å². The maximum absolute atomic E-state index is 13.0. The van der Waals surface area contributed by atoms with Gasteiger partial charge in [0.15, 0.2) is 0 Å². The molecule has 72 heavy (non-hydrogen) atoms. The molecule has 0 aromatic rings. The van der Waals surface area contributed by atoms with Crippen molar-refractivity contribution in [2.45, 2.75) is 257 Å². The quantitative estimate of drug-likeness (QED) is 0.0272. The Morgan fingerprint density at radius 2 is 0.861 bits per heavy atom. The van der Waals surface area contributed by atoms with E-state index in [0.29, 0.717) is 17.4 Å². The van der Waals surface area contributed by atoms with Gasteiger partial charge >= 0.3 is 0 Å². The van der Waals surface area contributed by atoms with Crippen molar-refractivity contribution in [3.63, 3.8) is 0 Å². The standard InChI is InChI=1S/C63H113N2O6P/c1-6-8-10-12-14-16-18-20-22-24-26-27-28-29-30-31-32-33-34-35-36-37-39-41-43-45-47-49-51-53-55-57-63(67)64-61(60-71-72(68,69)70-59-58-65(3,4)5)62(66)56-54-52-50-48-46-44-42-40-38-25-23-21-19-17-15-13-11-9-7-2/h8,10,14,16,20,22,26-27,29-30,32-33,46,48,54,56,61-62,66H,6-7,9,11-13,15,17-19,21,23-25,28,31,34-45,47,49-53,55,57-60H2,1-5H3,(H-,64,67,68,69)/b10-8-,16-14-,22-20-,27-26-,30-29-,33-32-,48-46+,56-54+. The fraction of sp³-hybridized carbons (Fsp3) is 0.730. The fourth-order valence-corrected chi connectivity index (χ4v) is 8.90. The number of hydrogen-bond donors (Lipinski definition) is 2. The number of aliphatic hydroxyl groups is 1. The second-order valence-corrected chi connectivity index (χ2v) is 22.4. The Morgan fingerprint density at radius 3 is 1.29 bits per heavy atom. The zero-order valence-corrected chi connectivity index (χ0v) is 48.2. The molecule has 3 unspecified atom stereocenters. The zero-order valence-electron chi connectivity index (χ0n) is 47.4. The average molecular weight is 1030 g/mol. The normalized spacial score (nSPS) is 14.6. The first-order chi connectivity index (χ1) is 35.0. The molecule has 0 radical (unpaired) electrons. The predicted molar refractivity (Wildman–Crippen MR) is 311 cm³/mol. The van der Waals surface area contributed by atoms with Crippen LogP contribution < -0.4 is 10.2 Å². The number of phosphoric acid groups is 1. The Kier molecular flexibility index (Phi) is 51.3. The first-order valence-corrected chi connectivity index (χ1v) is 31.1. The van der Waals surface area contributed by atoms with Gasteiger partial charge in [0, 0.05) is 6.42 Å². The first kappa shape index (κ1) is 69.4. The molecule has 0 saturated carbocycles. The van der Waals surface area contributed by atoms with Gasteiger partial charge in [-0.2, -0.15) is 0 Å². The Bertz CT molecular complexity index is 1490. The van der Waals surface area contributed by atoms with E-state index in [1.165, 1.54) is 148 Å². The largest absolute Gasteiger partial charge is 0.756 e. The molecular formula is C63H113N2O6P. The van der Waals surface area contributed by atoms with Gasteiger partial charge in [-0.3, -0.25) is 9.36 Å². The Labute approximate surface area is 445 Å². The summed E-state index contributed by atoms with van der Waals surface area (Å²) in [5.41, 5.74) is 0. The maximum atomic E-state index is 13.0. The number of quaternary nitrogens is 1. The number of rotatable bonds is 53. The van der Waals surface area contributed by atoms with E-state index < -0.39 is 26.6 Å². The number of carbonyl (C=O) groups excluding carboxylic acids is 1. The highest BCUT2D eigenvalue weighted by atomic mass is 31.2. The van der Waals surface area contributed by atoms with E-state index in [0.717, 1.165) is 77.0 Å². The number of hydrogen-bond acceptors (Lipinski definition) is 6. The number of nitrogens with zero attached hydrogens (tertiary/aromatic N) is 1. The number of carbonyl (C=O) groups is 1. The van der Waals surface area contributed by atoms with Gasteiger partial charge in [-0.15, -0.1) is 0 Å². The van der Waals surface area contributed by atoms with E-state index in [-0.39, 0.29) is 12.5 Å². The number of allylic oxidation sites excluding steroid dienone is 15. The number of likely N-dealkylation sites (N-methyl/N-ethyl adjacent to an activating group) is 1. The number of unbranched alkanes of at least 4 members (excludes halogenated alkanes) is 26. The number of aliphatic hydroxyl groups excluding tert-OH is 1. The summed E-state index contributed by atoms with van der Waals surface area (Å²) < 4.78 is 23.3. The van der Waals surface area contributed by atoms with Crippen LogP contribution in [-0.2, 0) is 18.4 Å². The Morgan fingerprint density at radius 1 is 0.500 bits per heavy atom. The third kappa shape index (κ3) is 55.2. The van der Waals surface area contributed by atoms with Crippen LogP contribution in [0.4, 0.5) is 0 Å². The summed E-state index contributed by atoms with van der Waals surface area (Å²) in [4.78, 5) is 25.5. The molecule has 0 bridgehead atoms. The van der Waals surface area contributed by atoms with E-state index >= 15 is 0 Å². The molecule has 8 nitrogen and oxygen atoms in total. The molecule has 0 fully saturated rings. The van der Waals surface area contributed by atoms with Gasteiger partial charge in [0.2, 0.25) is 5.91 Å². The molecule has 416 valence electrons. The zero-order chi connectivity index (χ0) is 52.7. The lowest BCUT2D eigenvalue weighted by atomic mass is 10.0. The number of phosphoric ester groups is 1. The van der Waals surface area contributed by atoms with Gasteiger partial charge in [-0.1, -0.05) is 252 Å². The molecule has 0 aromatic carbocycles. The van der Waals surface area contributed by atoms with Crippen molar-refractivity contribution in [1.82, 2.24) is 5.32 Å². The van der Waals surface area contributed by atoms with Crippen LogP contribution in [0, 0.1) is 0 Å². The molecule has 1 amide bonds. The molecule has 0 saturated heterocycles. The minimum Gasteiger partial charge on any atom is -0.756 e. The highest BCUT2D eigenvalue weighted by molar-refractivity contribution is 7.45. The summed E-state index contributed by atoms with van der Waals surface area (Å²) in [6.45, 7) is 4.52.